The van der Waals surface area contributed by atoms with Gasteiger partial charge in [0.1, 0.15) is 6.61 Å². The fourth-order valence-corrected chi connectivity index (χ4v) is 1.61. The van der Waals surface area contributed by atoms with Crippen molar-refractivity contribution in [1.82, 2.24) is 10.0 Å². The predicted octanol–water partition coefficient (Wildman–Crippen LogP) is -0.905. The largest absolute Gasteiger partial charge is 0.464 e. The van der Waals surface area contributed by atoms with Crippen molar-refractivity contribution in [2.24, 2.45) is 0 Å². The number of rotatable bonds is 11. The number of hydrogen-bond donors (Lipinski definition) is 2. The van der Waals surface area contributed by atoms with Gasteiger partial charge >= 0.3 is 5.97 Å². The van der Waals surface area contributed by atoms with Gasteiger partial charge in [0.15, 0.2) is 0 Å². The zero-order valence-electron chi connectivity index (χ0n) is 10.9. The molecule has 0 aliphatic rings. The van der Waals surface area contributed by atoms with Gasteiger partial charge in [-0.1, -0.05) is 0 Å². The van der Waals surface area contributed by atoms with Crippen molar-refractivity contribution in [3.8, 4) is 0 Å². The lowest BCUT2D eigenvalue weighted by Gasteiger charge is -2.06. The van der Waals surface area contributed by atoms with Crippen LogP contribution in [-0.4, -0.2) is 60.1 Å². The lowest BCUT2D eigenvalue weighted by Crippen LogP contribution is -2.28. The summed E-state index contributed by atoms with van der Waals surface area (Å²) >= 11 is 0. The van der Waals surface area contributed by atoms with Crippen molar-refractivity contribution in [1.29, 1.82) is 0 Å². The van der Waals surface area contributed by atoms with Crippen LogP contribution in [0, 0.1) is 0 Å². The highest BCUT2D eigenvalue weighted by molar-refractivity contribution is 7.88. The van der Waals surface area contributed by atoms with Crippen LogP contribution >= 0.6 is 0 Å². The van der Waals surface area contributed by atoms with E-state index in [1.807, 2.05) is 0 Å². The molecule has 2 N–H and O–H groups in total. The molecule has 0 aromatic heterocycles. The van der Waals surface area contributed by atoms with Crippen LogP contribution in [0.3, 0.4) is 0 Å². The SMILES string of the molecule is CCOC(=O)COCCNCCCNS(C)(=O)=O. The van der Waals surface area contributed by atoms with E-state index in [9.17, 15) is 13.2 Å². The van der Waals surface area contributed by atoms with Crippen LogP contribution in [0.25, 0.3) is 0 Å². The van der Waals surface area contributed by atoms with E-state index in [4.69, 9.17) is 4.74 Å². The number of nitrogens with one attached hydrogen (secondary N) is 2. The highest BCUT2D eigenvalue weighted by Crippen LogP contribution is 1.81. The van der Waals surface area contributed by atoms with Crippen molar-refractivity contribution >= 4 is 16.0 Å². The fourth-order valence-electron chi connectivity index (χ4n) is 1.10. The molecule has 0 unspecified atom stereocenters. The van der Waals surface area contributed by atoms with Crippen LogP contribution < -0.4 is 10.0 Å². The Morgan fingerprint density at radius 3 is 2.56 bits per heavy atom. The minimum atomic E-state index is -3.09. The van der Waals surface area contributed by atoms with Crippen LogP contribution in [-0.2, 0) is 24.3 Å². The molecule has 0 rings (SSSR count). The average molecular weight is 282 g/mol. The molecular formula is C10H22N2O5S. The molecule has 0 bridgehead atoms. The van der Waals surface area contributed by atoms with Crippen molar-refractivity contribution in [2.45, 2.75) is 13.3 Å². The highest BCUT2D eigenvalue weighted by Gasteiger charge is 2.00. The third-order valence-electron chi connectivity index (χ3n) is 1.84. The molecule has 0 saturated carbocycles. The normalized spacial score (nSPS) is 11.4. The lowest BCUT2D eigenvalue weighted by molar-refractivity contribution is -0.148. The van der Waals surface area contributed by atoms with Gasteiger partial charge in [-0.2, -0.15) is 0 Å². The molecule has 0 aromatic rings. The zero-order valence-corrected chi connectivity index (χ0v) is 11.7. The Morgan fingerprint density at radius 1 is 1.22 bits per heavy atom. The van der Waals surface area contributed by atoms with Gasteiger partial charge in [-0.3, -0.25) is 0 Å². The summed E-state index contributed by atoms with van der Waals surface area (Å²) < 4.78 is 33.6. The van der Waals surface area contributed by atoms with E-state index in [0.717, 1.165) is 6.26 Å². The number of ether oxygens (including phenoxy) is 2. The second-order valence-electron chi connectivity index (χ2n) is 3.63. The molecule has 0 saturated heterocycles. The fraction of sp³-hybridized carbons (Fsp3) is 0.900. The summed E-state index contributed by atoms with van der Waals surface area (Å²) in [5.41, 5.74) is 0. The molecule has 0 heterocycles. The summed E-state index contributed by atoms with van der Waals surface area (Å²) in [4.78, 5) is 10.9. The standard InChI is InChI=1S/C10H22N2O5S/c1-3-17-10(13)9-16-8-7-11-5-4-6-12-18(2,14)15/h11-12H,3-9H2,1-2H3. The maximum atomic E-state index is 10.9. The van der Waals surface area contributed by atoms with Gasteiger partial charge in [0.05, 0.1) is 19.5 Å². The van der Waals surface area contributed by atoms with Crippen LogP contribution in [0.1, 0.15) is 13.3 Å². The van der Waals surface area contributed by atoms with E-state index >= 15 is 0 Å². The van der Waals surface area contributed by atoms with Crippen molar-refractivity contribution in [3.05, 3.63) is 0 Å². The van der Waals surface area contributed by atoms with Gasteiger partial charge in [-0.15, -0.1) is 0 Å². The van der Waals surface area contributed by atoms with E-state index in [0.29, 0.717) is 39.3 Å². The summed E-state index contributed by atoms with van der Waals surface area (Å²) in [6, 6.07) is 0. The van der Waals surface area contributed by atoms with Gasteiger partial charge < -0.3 is 14.8 Å². The second kappa shape index (κ2) is 10.2. The molecule has 8 heteroatoms. The first-order valence-corrected chi connectivity index (χ1v) is 7.73. The van der Waals surface area contributed by atoms with Crippen LogP contribution in [0.15, 0.2) is 0 Å². The molecule has 0 fully saturated rings. The molecule has 7 nitrogen and oxygen atoms in total. The number of sulfonamides is 1. The van der Waals surface area contributed by atoms with E-state index in [-0.39, 0.29) is 12.6 Å². The molecule has 0 atom stereocenters. The third-order valence-corrected chi connectivity index (χ3v) is 2.57. The number of carbonyl (C=O) groups excluding carboxylic acids is 1. The summed E-state index contributed by atoms with van der Waals surface area (Å²) in [7, 11) is -3.09. The summed E-state index contributed by atoms with van der Waals surface area (Å²) in [5, 5.41) is 3.07. The molecule has 0 radical (unpaired) electrons. The Bertz CT molecular complexity index is 318. The van der Waals surface area contributed by atoms with E-state index in [2.05, 4.69) is 14.8 Å². The van der Waals surface area contributed by atoms with Gasteiger partial charge in [-0.25, -0.2) is 17.9 Å². The molecule has 0 aliphatic heterocycles. The van der Waals surface area contributed by atoms with Gasteiger partial charge in [0.25, 0.3) is 0 Å². The lowest BCUT2D eigenvalue weighted by atomic mass is 10.4. The minimum Gasteiger partial charge on any atom is -0.464 e. The van der Waals surface area contributed by atoms with E-state index < -0.39 is 10.0 Å². The molecule has 18 heavy (non-hydrogen) atoms. The maximum Gasteiger partial charge on any atom is 0.332 e. The Balaban J connectivity index is 3.19. The molecule has 108 valence electrons. The molecule has 0 amide bonds. The number of esters is 1. The molecule has 0 aromatic carbocycles. The van der Waals surface area contributed by atoms with Crippen molar-refractivity contribution in [3.63, 3.8) is 0 Å². The average Bonchev–Trinajstić information content (AvgIpc) is 2.25. The van der Waals surface area contributed by atoms with Crippen LogP contribution in [0.4, 0.5) is 0 Å². The summed E-state index contributed by atoms with van der Waals surface area (Å²) in [6.07, 6.45) is 1.83. The summed E-state index contributed by atoms with van der Waals surface area (Å²) in [6.45, 7) is 4.18. The Kier molecular flexibility index (Phi) is 9.85. The maximum absolute atomic E-state index is 10.9. The number of carbonyl (C=O) groups is 1. The first-order chi connectivity index (χ1) is 8.45. The van der Waals surface area contributed by atoms with E-state index in [1.54, 1.807) is 6.92 Å². The Labute approximate surface area is 108 Å². The van der Waals surface area contributed by atoms with Gasteiger partial charge in [0, 0.05) is 13.1 Å². The van der Waals surface area contributed by atoms with Gasteiger partial charge in [-0.05, 0) is 19.9 Å². The topological polar surface area (TPSA) is 93.7 Å². The minimum absolute atomic E-state index is 0.0366. The molecule has 0 spiro atoms. The molecular weight excluding hydrogens is 260 g/mol. The van der Waals surface area contributed by atoms with Gasteiger partial charge in [0.2, 0.25) is 10.0 Å². The van der Waals surface area contributed by atoms with Crippen LogP contribution in [0.2, 0.25) is 0 Å². The zero-order chi connectivity index (χ0) is 13.9. The van der Waals surface area contributed by atoms with Crippen molar-refractivity contribution < 1.29 is 22.7 Å². The Hall–Kier alpha value is -0.700. The first kappa shape index (κ1) is 17.3. The molecule has 0 aliphatic carbocycles. The predicted molar refractivity (Wildman–Crippen MR) is 67.8 cm³/mol. The third kappa shape index (κ3) is 13.4. The quantitative estimate of drug-likeness (QED) is 0.376. The highest BCUT2D eigenvalue weighted by atomic mass is 32.2. The van der Waals surface area contributed by atoms with Crippen molar-refractivity contribution in [2.75, 3.05) is 45.7 Å². The number of hydrogen-bond acceptors (Lipinski definition) is 6. The van der Waals surface area contributed by atoms with Crippen LogP contribution in [0.5, 0.6) is 0 Å². The smallest absolute Gasteiger partial charge is 0.332 e. The van der Waals surface area contributed by atoms with E-state index in [1.165, 1.54) is 0 Å². The summed E-state index contributed by atoms with van der Waals surface area (Å²) in [5.74, 6) is -0.366. The Morgan fingerprint density at radius 2 is 1.94 bits per heavy atom. The monoisotopic (exact) mass is 282 g/mol. The first-order valence-electron chi connectivity index (χ1n) is 5.84. The second-order valence-corrected chi connectivity index (χ2v) is 5.46.